The molecule has 0 N–H and O–H groups in total. The normalized spacial score (nSPS) is 12.1. The number of rotatable bonds is 4. The van der Waals surface area contributed by atoms with E-state index in [-0.39, 0.29) is 5.97 Å². The largest absolute Gasteiger partial charge is 0.460 e. The van der Waals surface area contributed by atoms with Crippen molar-refractivity contribution in [1.29, 1.82) is 0 Å². The molecular weight excluding hydrogens is 248 g/mol. The Balaban J connectivity index is 2.97. The third-order valence-electron chi connectivity index (χ3n) is 3.14. The minimum atomic E-state index is -0.423. The first-order valence-electron chi connectivity index (χ1n) is 7.44. The van der Waals surface area contributed by atoms with Gasteiger partial charge in [0, 0.05) is 0 Å². The molecule has 0 bridgehead atoms. The van der Waals surface area contributed by atoms with E-state index in [1.54, 1.807) is 0 Å². The SMILES string of the molecule is CC(C)c1cc(CC(=O)OC(C)(C)C)cc(C(C)C)c1. The Labute approximate surface area is 123 Å². The van der Waals surface area contributed by atoms with Crippen LogP contribution in [-0.4, -0.2) is 11.6 Å². The fourth-order valence-electron chi connectivity index (χ4n) is 2.06. The van der Waals surface area contributed by atoms with E-state index in [1.807, 2.05) is 20.8 Å². The molecule has 1 aromatic carbocycles. The Hall–Kier alpha value is -1.31. The van der Waals surface area contributed by atoms with E-state index in [0.717, 1.165) is 5.56 Å². The third-order valence-corrected chi connectivity index (χ3v) is 3.14. The Kier molecular flexibility index (Phi) is 5.38. The number of carbonyl (C=O) groups is 1. The van der Waals surface area contributed by atoms with Crippen molar-refractivity contribution in [3.63, 3.8) is 0 Å². The van der Waals surface area contributed by atoms with Crippen LogP contribution in [-0.2, 0) is 16.0 Å². The number of hydrogen-bond donors (Lipinski definition) is 0. The Morgan fingerprint density at radius 1 is 1.00 bits per heavy atom. The van der Waals surface area contributed by atoms with E-state index in [4.69, 9.17) is 4.74 Å². The van der Waals surface area contributed by atoms with Gasteiger partial charge in [0.05, 0.1) is 6.42 Å². The molecule has 0 radical (unpaired) electrons. The van der Waals surface area contributed by atoms with Crippen LogP contribution >= 0.6 is 0 Å². The summed E-state index contributed by atoms with van der Waals surface area (Å²) in [6.45, 7) is 14.4. The standard InChI is InChI=1S/C18H28O2/c1-12(2)15-8-14(9-16(11-15)13(3)4)10-17(19)20-18(5,6)7/h8-9,11-13H,10H2,1-7H3. The first-order valence-corrected chi connectivity index (χ1v) is 7.44. The molecule has 0 aliphatic heterocycles. The lowest BCUT2D eigenvalue weighted by atomic mass is 9.92. The summed E-state index contributed by atoms with van der Waals surface area (Å²) in [5, 5.41) is 0. The lowest BCUT2D eigenvalue weighted by Gasteiger charge is -2.20. The molecule has 0 saturated carbocycles. The van der Waals surface area contributed by atoms with Gasteiger partial charge in [-0.15, -0.1) is 0 Å². The van der Waals surface area contributed by atoms with Crippen molar-refractivity contribution >= 4 is 5.97 Å². The molecule has 2 nitrogen and oxygen atoms in total. The van der Waals surface area contributed by atoms with Gasteiger partial charge < -0.3 is 4.74 Å². The van der Waals surface area contributed by atoms with Gasteiger partial charge in [0.2, 0.25) is 0 Å². The molecule has 112 valence electrons. The minimum Gasteiger partial charge on any atom is -0.460 e. The zero-order valence-corrected chi connectivity index (χ0v) is 13.9. The molecule has 0 unspecified atom stereocenters. The van der Waals surface area contributed by atoms with Crippen molar-refractivity contribution in [1.82, 2.24) is 0 Å². The van der Waals surface area contributed by atoms with Gasteiger partial charge in [0.25, 0.3) is 0 Å². The molecule has 0 fully saturated rings. The molecule has 0 saturated heterocycles. The highest BCUT2D eigenvalue weighted by atomic mass is 16.6. The molecule has 0 spiro atoms. The maximum atomic E-state index is 12.0. The molecule has 1 aromatic rings. The average Bonchev–Trinajstić information content (AvgIpc) is 2.25. The van der Waals surface area contributed by atoms with Crippen molar-refractivity contribution in [2.45, 2.75) is 72.3 Å². The van der Waals surface area contributed by atoms with Gasteiger partial charge in [-0.05, 0) is 49.3 Å². The number of hydrogen-bond acceptors (Lipinski definition) is 2. The summed E-state index contributed by atoms with van der Waals surface area (Å²) in [5.74, 6) is 0.769. The van der Waals surface area contributed by atoms with Gasteiger partial charge in [-0.3, -0.25) is 4.79 Å². The molecule has 0 heterocycles. The number of carbonyl (C=O) groups excluding carboxylic acids is 1. The van der Waals surface area contributed by atoms with Gasteiger partial charge in [-0.2, -0.15) is 0 Å². The zero-order valence-electron chi connectivity index (χ0n) is 13.9. The summed E-state index contributed by atoms with van der Waals surface area (Å²) in [5.41, 5.74) is 3.20. The van der Waals surface area contributed by atoms with Crippen LogP contribution in [0.1, 0.15) is 77.0 Å². The highest BCUT2D eigenvalue weighted by Gasteiger charge is 2.17. The van der Waals surface area contributed by atoms with Gasteiger partial charge in [0.15, 0.2) is 0 Å². The van der Waals surface area contributed by atoms with Crippen molar-refractivity contribution in [3.05, 3.63) is 34.9 Å². The molecule has 20 heavy (non-hydrogen) atoms. The van der Waals surface area contributed by atoms with E-state index in [2.05, 4.69) is 45.9 Å². The smallest absolute Gasteiger partial charge is 0.310 e. The first-order chi connectivity index (χ1) is 9.08. The maximum absolute atomic E-state index is 12.0. The number of esters is 1. The van der Waals surface area contributed by atoms with Crippen LogP contribution in [0.5, 0.6) is 0 Å². The molecule has 0 atom stereocenters. The lowest BCUT2D eigenvalue weighted by Crippen LogP contribution is -2.25. The van der Waals surface area contributed by atoms with Crippen molar-refractivity contribution in [2.24, 2.45) is 0 Å². The molecule has 0 aliphatic carbocycles. The van der Waals surface area contributed by atoms with Gasteiger partial charge >= 0.3 is 5.97 Å². The molecule has 1 rings (SSSR count). The third kappa shape index (κ3) is 5.36. The quantitative estimate of drug-likeness (QED) is 0.737. The van der Waals surface area contributed by atoms with E-state index in [0.29, 0.717) is 18.3 Å². The fourth-order valence-corrected chi connectivity index (χ4v) is 2.06. The summed E-state index contributed by atoms with van der Waals surface area (Å²) in [7, 11) is 0. The van der Waals surface area contributed by atoms with Crippen LogP contribution in [0, 0.1) is 0 Å². The maximum Gasteiger partial charge on any atom is 0.310 e. The van der Waals surface area contributed by atoms with E-state index in [9.17, 15) is 4.79 Å². The topological polar surface area (TPSA) is 26.3 Å². The van der Waals surface area contributed by atoms with E-state index in [1.165, 1.54) is 11.1 Å². The van der Waals surface area contributed by atoms with Crippen LogP contribution in [0.2, 0.25) is 0 Å². The zero-order chi connectivity index (χ0) is 15.5. The van der Waals surface area contributed by atoms with Crippen molar-refractivity contribution in [3.8, 4) is 0 Å². The molecule has 0 aromatic heterocycles. The second-order valence-electron chi connectivity index (χ2n) is 7.08. The van der Waals surface area contributed by atoms with Gasteiger partial charge in [-0.1, -0.05) is 45.9 Å². The summed E-state index contributed by atoms with van der Waals surface area (Å²) < 4.78 is 5.40. The Morgan fingerprint density at radius 3 is 1.80 bits per heavy atom. The second kappa shape index (κ2) is 6.43. The predicted molar refractivity (Wildman–Crippen MR) is 84.2 cm³/mol. The Bertz CT molecular complexity index is 439. The van der Waals surface area contributed by atoms with Crippen molar-refractivity contribution < 1.29 is 9.53 Å². The molecular formula is C18H28O2. The molecule has 0 amide bonds. The summed E-state index contributed by atoms with van der Waals surface area (Å²) in [6, 6.07) is 6.49. The van der Waals surface area contributed by atoms with E-state index < -0.39 is 5.60 Å². The summed E-state index contributed by atoms with van der Waals surface area (Å²) in [6.07, 6.45) is 0.345. The van der Waals surface area contributed by atoms with Crippen LogP contribution in [0.3, 0.4) is 0 Å². The lowest BCUT2D eigenvalue weighted by molar-refractivity contribution is -0.153. The highest BCUT2D eigenvalue weighted by molar-refractivity contribution is 5.73. The second-order valence-corrected chi connectivity index (χ2v) is 7.08. The van der Waals surface area contributed by atoms with Crippen LogP contribution in [0.4, 0.5) is 0 Å². The first kappa shape index (κ1) is 16.7. The molecule has 0 aliphatic rings. The van der Waals surface area contributed by atoms with Crippen LogP contribution < -0.4 is 0 Å². The van der Waals surface area contributed by atoms with Crippen LogP contribution in [0.25, 0.3) is 0 Å². The predicted octanol–water partition coefficient (Wildman–Crippen LogP) is 4.82. The van der Waals surface area contributed by atoms with E-state index >= 15 is 0 Å². The fraction of sp³-hybridized carbons (Fsp3) is 0.611. The Morgan fingerprint density at radius 2 is 1.45 bits per heavy atom. The number of ether oxygens (including phenoxy) is 1. The number of benzene rings is 1. The minimum absolute atomic E-state index is 0.159. The van der Waals surface area contributed by atoms with Gasteiger partial charge in [0.1, 0.15) is 5.60 Å². The summed E-state index contributed by atoms with van der Waals surface area (Å²) >= 11 is 0. The van der Waals surface area contributed by atoms with Gasteiger partial charge in [-0.25, -0.2) is 0 Å². The highest BCUT2D eigenvalue weighted by Crippen LogP contribution is 2.24. The molecule has 2 heteroatoms. The monoisotopic (exact) mass is 276 g/mol. The van der Waals surface area contributed by atoms with Crippen LogP contribution in [0.15, 0.2) is 18.2 Å². The average molecular weight is 276 g/mol. The summed E-state index contributed by atoms with van der Waals surface area (Å²) in [4.78, 5) is 12.0. The van der Waals surface area contributed by atoms with Crippen molar-refractivity contribution in [2.75, 3.05) is 0 Å².